The predicted octanol–water partition coefficient (Wildman–Crippen LogP) is -2.15. The van der Waals surface area contributed by atoms with Crippen LogP contribution in [0.1, 0.15) is 0 Å². The average molecular weight is 257 g/mol. The summed E-state index contributed by atoms with van der Waals surface area (Å²) in [4.78, 5) is 1.74. The van der Waals surface area contributed by atoms with Gasteiger partial charge in [0.2, 0.25) is 0 Å². The first-order valence-electron chi connectivity index (χ1n) is 5.88. The SMILES string of the molecule is N#CC1COCCN1[C@H]1[CH]O[C@H](CO)[C@@H](O)[C@@H]1O. The molecule has 1 unspecified atom stereocenters. The monoisotopic (exact) mass is 257 g/mol. The molecule has 2 fully saturated rings. The van der Waals surface area contributed by atoms with Crippen LogP contribution < -0.4 is 0 Å². The van der Waals surface area contributed by atoms with Crippen LogP contribution >= 0.6 is 0 Å². The number of aliphatic hydroxyl groups is 3. The topological polar surface area (TPSA) is 106 Å². The number of hydrogen-bond donors (Lipinski definition) is 3. The molecule has 0 amide bonds. The van der Waals surface area contributed by atoms with E-state index in [0.717, 1.165) is 0 Å². The van der Waals surface area contributed by atoms with Crippen LogP contribution in [0.2, 0.25) is 0 Å². The minimum atomic E-state index is -1.17. The quantitative estimate of drug-likeness (QED) is 0.518. The lowest BCUT2D eigenvalue weighted by Gasteiger charge is -2.44. The van der Waals surface area contributed by atoms with Crippen molar-refractivity contribution in [1.29, 1.82) is 5.26 Å². The third-order valence-electron chi connectivity index (χ3n) is 3.36. The second-order valence-corrected chi connectivity index (χ2v) is 4.42. The summed E-state index contributed by atoms with van der Waals surface area (Å²) in [5.74, 6) is 0. The summed E-state index contributed by atoms with van der Waals surface area (Å²) in [5, 5.41) is 37.8. The van der Waals surface area contributed by atoms with Crippen molar-refractivity contribution in [3.8, 4) is 6.07 Å². The van der Waals surface area contributed by atoms with Crippen LogP contribution in [0.3, 0.4) is 0 Å². The van der Waals surface area contributed by atoms with Gasteiger partial charge in [0, 0.05) is 6.54 Å². The van der Waals surface area contributed by atoms with Crippen molar-refractivity contribution in [3.05, 3.63) is 6.61 Å². The molecule has 2 aliphatic rings. The van der Waals surface area contributed by atoms with Crippen molar-refractivity contribution in [2.24, 2.45) is 0 Å². The van der Waals surface area contributed by atoms with E-state index in [9.17, 15) is 10.2 Å². The van der Waals surface area contributed by atoms with Gasteiger partial charge in [0.15, 0.2) is 0 Å². The van der Waals surface area contributed by atoms with Crippen LogP contribution in [-0.4, -0.2) is 77.0 Å². The minimum absolute atomic E-state index is 0.271. The molecule has 0 aromatic rings. The Kier molecular flexibility index (Phi) is 4.50. The normalized spacial score (nSPS) is 42.4. The maximum absolute atomic E-state index is 10.0. The highest BCUT2D eigenvalue weighted by molar-refractivity contribution is 5.04. The van der Waals surface area contributed by atoms with Gasteiger partial charge < -0.3 is 24.8 Å². The molecule has 101 valence electrons. The number of nitriles is 1. The molecule has 2 heterocycles. The Morgan fingerprint density at radius 1 is 1.39 bits per heavy atom. The van der Waals surface area contributed by atoms with Crippen molar-refractivity contribution in [1.82, 2.24) is 4.90 Å². The van der Waals surface area contributed by atoms with E-state index in [2.05, 4.69) is 6.07 Å². The first-order chi connectivity index (χ1) is 8.69. The molecule has 0 spiro atoms. The zero-order valence-corrected chi connectivity index (χ0v) is 9.85. The van der Waals surface area contributed by atoms with E-state index in [1.54, 1.807) is 4.90 Å². The number of nitrogens with zero attached hydrogens (tertiary/aromatic N) is 2. The van der Waals surface area contributed by atoms with E-state index in [-0.39, 0.29) is 13.2 Å². The Balaban J connectivity index is 2.06. The Labute approximate surface area is 105 Å². The fourth-order valence-electron chi connectivity index (χ4n) is 2.27. The number of ether oxygens (including phenoxy) is 2. The van der Waals surface area contributed by atoms with Gasteiger partial charge in [-0.15, -0.1) is 0 Å². The summed E-state index contributed by atoms with van der Waals surface area (Å²) in [7, 11) is 0. The van der Waals surface area contributed by atoms with Crippen molar-refractivity contribution in [2.75, 3.05) is 26.4 Å². The fourth-order valence-corrected chi connectivity index (χ4v) is 2.27. The van der Waals surface area contributed by atoms with Crippen LogP contribution in [0, 0.1) is 17.9 Å². The van der Waals surface area contributed by atoms with Crippen LogP contribution in [-0.2, 0) is 9.47 Å². The molecule has 7 nitrogen and oxygen atoms in total. The molecule has 5 atom stereocenters. The maximum atomic E-state index is 10.0. The second-order valence-electron chi connectivity index (χ2n) is 4.42. The van der Waals surface area contributed by atoms with Crippen molar-refractivity contribution < 1.29 is 24.8 Å². The van der Waals surface area contributed by atoms with Gasteiger partial charge in [0.05, 0.1) is 31.9 Å². The van der Waals surface area contributed by atoms with Gasteiger partial charge in [-0.2, -0.15) is 5.26 Å². The first-order valence-corrected chi connectivity index (χ1v) is 5.88. The number of morpholine rings is 1. The summed E-state index contributed by atoms with van der Waals surface area (Å²) in [6, 6.07) is 1.05. The molecule has 2 rings (SSSR count). The molecule has 0 aromatic heterocycles. The van der Waals surface area contributed by atoms with E-state index in [1.165, 1.54) is 6.61 Å². The molecule has 2 aliphatic heterocycles. The standard InChI is InChI=1S/C11H17N2O5/c12-3-7-5-17-2-1-13(7)8-6-18-9(4-14)11(16)10(8)15/h6-11,14-16H,1-2,4-5H2/t7?,8-,9+,10+,11+/m0/s1. The van der Waals surface area contributed by atoms with Crippen molar-refractivity contribution in [2.45, 2.75) is 30.4 Å². The zero-order chi connectivity index (χ0) is 13.1. The molecule has 2 saturated heterocycles. The molecular formula is C11H17N2O5. The first kappa shape index (κ1) is 13.7. The van der Waals surface area contributed by atoms with E-state index in [4.69, 9.17) is 19.8 Å². The third-order valence-corrected chi connectivity index (χ3v) is 3.36. The zero-order valence-electron chi connectivity index (χ0n) is 9.85. The average Bonchev–Trinajstić information content (AvgIpc) is 2.42. The Hall–Kier alpha value is -0.750. The lowest BCUT2D eigenvalue weighted by molar-refractivity contribution is -0.167. The van der Waals surface area contributed by atoms with Gasteiger partial charge in [-0.3, -0.25) is 4.90 Å². The van der Waals surface area contributed by atoms with Crippen LogP contribution in [0.5, 0.6) is 0 Å². The summed E-state index contributed by atoms with van der Waals surface area (Å²) < 4.78 is 10.4. The Bertz CT molecular complexity index is 321. The summed E-state index contributed by atoms with van der Waals surface area (Å²) in [6.07, 6.45) is -3.09. The van der Waals surface area contributed by atoms with Gasteiger partial charge in [0.1, 0.15) is 31.0 Å². The van der Waals surface area contributed by atoms with E-state index < -0.39 is 30.4 Å². The van der Waals surface area contributed by atoms with Gasteiger partial charge in [-0.25, -0.2) is 0 Å². The van der Waals surface area contributed by atoms with Crippen molar-refractivity contribution in [3.63, 3.8) is 0 Å². The molecular weight excluding hydrogens is 240 g/mol. The van der Waals surface area contributed by atoms with Crippen molar-refractivity contribution >= 4 is 0 Å². The third kappa shape index (κ3) is 2.49. The smallest absolute Gasteiger partial charge is 0.122 e. The number of aliphatic hydroxyl groups excluding tert-OH is 3. The Morgan fingerprint density at radius 2 is 2.17 bits per heavy atom. The highest BCUT2D eigenvalue weighted by Crippen LogP contribution is 2.25. The highest BCUT2D eigenvalue weighted by atomic mass is 16.5. The summed E-state index contributed by atoms with van der Waals surface area (Å²) in [6.45, 7) is 2.23. The van der Waals surface area contributed by atoms with E-state index in [0.29, 0.717) is 13.2 Å². The minimum Gasteiger partial charge on any atom is -0.394 e. The second kappa shape index (κ2) is 5.93. The largest absolute Gasteiger partial charge is 0.394 e. The highest BCUT2D eigenvalue weighted by Gasteiger charge is 2.43. The van der Waals surface area contributed by atoms with Crippen LogP contribution in [0.4, 0.5) is 0 Å². The Morgan fingerprint density at radius 3 is 2.83 bits per heavy atom. The van der Waals surface area contributed by atoms with E-state index in [1.807, 2.05) is 0 Å². The molecule has 1 radical (unpaired) electrons. The molecule has 7 heteroatoms. The molecule has 0 bridgehead atoms. The molecule has 3 N–H and O–H groups in total. The lowest BCUT2D eigenvalue weighted by Crippen LogP contribution is -2.62. The van der Waals surface area contributed by atoms with Gasteiger partial charge >= 0.3 is 0 Å². The van der Waals surface area contributed by atoms with Crippen LogP contribution in [0.15, 0.2) is 0 Å². The number of hydrogen-bond acceptors (Lipinski definition) is 7. The van der Waals surface area contributed by atoms with Crippen LogP contribution in [0.25, 0.3) is 0 Å². The van der Waals surface area contributed by atoms with E-state index >= 15 is 0 Å². The maximum Gasteiger partial charge on any atom is 0.122 e. The van der Waals surface area contributed by atoms with Gasteiger partial charge in [0.25, 0.3) is 0 Å². The molecule has 0 saturated carbocycles. The molecule has 18 heavy (non-hydrogen) atoms. The fraction of sp³-hybridized carbons (Fsp3) is 0.818. The summed E-state index contributed by atoms with van der Waals surface area (Å²) in [5.41, 5.74) is 0. The lowest BCUT2D eigenvalue weighted by atomic mass is 9.96. The van der Waals surface area contributed by atoms with Gasteiger partial charge in [-0.1, -0.05) is 0 Å². The number of rotatable bonds is 2. The van der Waals surface area contributed by atoms with Gasteiger partial charge in [-0.05, 0) is 0 Å². The predicted molar refractivity (Wildman–Crippen MR) is 59.0 cm³/mol. The summed E-state index contributed by atoms with van der Waals surface area (Å²) >= 11 is 0. The molecule has 0 aromatic carbocycles. The molecule has 0 aliphatic carbocycles.